The van der Waals surface area contributed by atoms with Gasteiger partial charge in [0, 0.05) is 18.3 Å². The second-order valence-electron chi connectivity index (χ2n) is 7.43. The average molecular weight is 419 g/mol. The van der Waals surface area contributed by atoms with Gasteiger partial charge in [-0.15, -0.1) is 0 Å². The minimum atomic E-state index is -0.214. The minimum absolute atomic E-state index is 0.0867. The molecule has 0 saturated carbocycles. The predicted octanol–water partition coefficient (Wildman–Crippen LogP) is 5.26. The Morgan fingerprint density at radius 1 is 0.935 bits per heavy atom. The number of benzene rings is 3. The summed E-state index contributed by atoms with van der Waals surface area (Å²) in [7, 11) is 0. The zero-order valence-corrected chi connectivity index (χ0v) is 18.4. The van der Waals surface area contributed by atoms with Gasteiger partial charge in [0.2, 0.25) is 0 Å². The van der Waals surface area contributed by atoms with Crippen molar-refractivity contribution in [2.24, 2.45) is 0 Å². The fourth-order valence-electron chi connectivity index (χ4n) is 3.16. The van der Waals surface area contributed by atoms with E-state index in [2.05, 4.69) is 29.7 Å². The first kappa shape index (κ1) is 22.4. The van der Waals surface area contributed by atoms with Gasteiger partial charge in [-0.3, -0.25) is 4.79 Å². The van der Waals surface area contributed by atoms with Crippen LogP contribution in [-0.2, 0) is 11.3 Å². The third-order valence-electron chi connectivity index (χ3n) is 4.91. The van der Waals surface area contributed by atoms with Crippen LogP contribution in [0.4, 0.5) is 5.69 Å². The van der Waals surface area contributed by atoms with E-state index in [-0.39, 0.29) is 18.6 Å². The van der Waals surface area contributed by atoms with Crippen LogP contribution in [0.3, 0.4) is 0 Å². The molecule has 3 rings (SSSR count). The topological polar surface area (TPSA) is 59.6 Å². The molecule has 3 aromatic carbocycles. The number of hydrogen-bond donors (Lipinski definition) is 2. The number of rotatable bonds is 10. The smallest absolute Gasteiger partial charge is 0.262 e. The van der Waals surface area contributed by atoms with Gasteiger partial charge in [-0.05, 0) is 56.2 Å². The monoisotopic (exact) mass is 418 g/mol. The van der Waals surface area contributed by atoms with Gasteiger partial charge in [0.25, 0.3) is 5.91 Å². The molecule has 31 heavy (non-hydrogen) atoms. The lowest BCUT2D eigenvalue weighted by Crippen LogP contribution is -2.20. The summed E-state index contributed by atoms with van der Waals surface area (Å²) >= 11 is 0. The van der Waals surface area contributed by atoms with E-state index in [1.807, 2.05) is 74.5 Å². The van der Waals surface area contributed by atoms with Gasteiger partial charge in [0.05, 0.1) is 6.61 Å². The molecule has 0 bridgehead atoms. The Bertz CT molecular complexity index is 972. The largest absolute Gasteiger partial charge is 0.490 e. The van der Waals surface area contributed by atoms with Gasteiger partial charge >= 0.3 is 0 Å². The van der Waals surface area contributed by atoms with E-state index in [1.54, 1.807) is 0 Å². The maximum absolute atomic E-state index is 12.2. The molecule has 0 aliphatic rings. The zero-order valence-electron chi connectivity index (χ0n) is 18.4. The molecule has 3 aromatic rings. The molecule has 0 heterocycles. The minimum Gasteiger partial charge on any atom is -0.490 e. The van der Waals surface area contributed by atoms with Gasteiger partial charge in [0.1, 0.15) is 0 Å². The second-order valence-corrected chi connectivity index (χ2v) is 7.43. The molecule has 1 atom stereocenters. The molecule has 0 unspecified atom stereocenters. The van der Waals surface area contributed by atoms with E-state index in [1.165, 1.54) is 5.56 Å². The normalized spacial score (nSPS) is 11.6. The van der Waals surface area contributed by atoms with Crippen molar-refractivity contribution in [3.8, 4) is 11.5 Å². The summed E-state index contributed by atoms with van der Waals surface area (Å²) in [6, 6.07) is 24.0. The van der Waals surface area contributed by atoms with E-state index in [0.29, 0.717) is 24.7 Å². The summed E-state index contributed by atoms with van der Waals surface area (Å²) < 4.78 is 11.5. The summed E-state index contributed by atoms with van der Waals surface area (Å²) in [5.74, 6) is 0.979. The van der Waals surface area contributed by atoms with Gasteiger partial charge < -0.3 is 20.1 Å². The molecule has 5 nitrogen and oxygen atoms in total. The number of amides is 1. The van der Waals surface area contributed by atoms with Crippen molar-refractivity contribution in [1.82, 2.24) is 5.32 Å². The Labute approximate surface area is 184 Å². The second kappa shape index (κ2) is 11.2. The van der Waals surface area contributed by atoms with E-state index in [0.717, 1.165) is 16.8 Å². The van der Waals surface area contributed by atoms with Crippen molar-refractivity contribution in [3.05, 3.63) is 89.5 Å². The third-order valence-corrected chi connectivity index (χ3v) is 4.91. The molecule has 0 radical (unpaired) electrons. The Morgan fingerprint density at radius 3 is 2.39 bits per heavy atom. The highest BCUT2D eigenvalue weighted by Crippen LogP contribution is 2.29. The first-order valence-electron chi connectivity index (χ1n) is 10.6. The van der Waals surface area contributed by atoms with Crippen LogP contribution in [-0.4, -0.2) is 19.1 Å². The van der Waals surface area contributed by atoms with Crippen LogP contribution in [0, 0.1) is 6.92 Å². The lowest BCUT2D eigenvalue weighted by molar-refractivity contribution is -0.118. The number of carbonyl (C=O) groups excluding carboxylic acids is 1. The van der Waals surface area contributed by atoms with Gasteiger partial charge in [0.15, 0.2) is 18.1 Å². The number of ether oxygens (including phenoxy) is 2. The summed E-state index contributed by atoms with van der Waals surface area (Å²) in [6.45, 7) is 7.20. The number of aryl methyl sites for hydroxylation is 1. The van der Waals surface area contributed by atoms with Crippen LogP contribution in [0.1, 0.15) is 36.6 Å². The number of carbonyl (C=O) groups is 1. The van der Waals surface area contributed by atoms with Crippen molar-refractivity contribution in [2.45, 2.75) is 33.4 Å². The summed E-state index contributed by atoms with van der Waals surface area (Å²) in [4.78, 5) is 12.2. The standard InChI is InChI=1S/C26H30N2O3/c1-4-30-25-16-21(17-27-20(3)22-8-6-5-7-9-22)12-15-24(25)31-18-26(29)28-23-13-10-19(2)11-14-23/h5-16,20,27H,4,17-18H2,1-3H3,(H,28,29)/t20-/m0/s1. The van der Waals surface area contributed by atoms with Crippen LogP contribution in [0.5, 0.6) is 11.5 Å². The molecule has 0 fully saturated rings. The van der Waals surface area contributed by atoms with E-state index in [4.69, 9.17) is 9.47 Å². The van der Waals surface area contributed by atoms with Crippen LogP contribution in [0.25, 0.3) is 0 Å². The number of anilines is 1. The highest BCUT2D eigenvalue weighted by Gasteiger charge is 2.11. The van der Waals surface area contributed by atoms with E-state index >= 15 is 0 Å². The average Bonchev–Trinajstić information content (AvgIpc) is 2.79. The summed E-state index contributed by atoms with van der Waals surface area (Å²) in [6.07, 6.45) is 0. The van der Waals surface area contributed by atoms with Crippen LogP contribution in [0.15, 0.2) is 72.8 Å². The first-order valence-corrected chi connectivity index (χ1v) is 10.6. The molecular weight excluding hydrogens is 388 g/mol. The maximum Gasteiger partial charge on any atom is 0.262 e. The highest BCUT2D eigenvalue weighted by molar-refractivity contribution is 5.91. The first-order chi connectivity index (χ1) is 15.0. The van der Waals surface area contributed by atoms with Crippen molar-refractivity contribution in [1.29, 1.82) is 0 Å². The predicted molar refractivity (Wildman–Crippen MR) is 125 cm³/mol. The Kier molecular flexibility index (Phi) is 8.07. The highest BCUT2D eigenvalue weighted by atomic mass is 16.5. The van der Waals surface area contributed by atoms with Crippen LogP contribution >= 0.6 is 0 Å². The fourth-order valence-corrected chi connectivity index (χ4v) is 3.16. The summed E-state index contributed by atoms with van der Waals surface area (Å²) in [5, 5.41) is 6.36. The van der Waals surface area contributed by atoms with Crippen LogP contribution in [0.2, 0.25) is 0 Å². The summed E-state index contributed by atoms with van der Waals surface area (Å²) in [5.41, 5.74) is 4.22. The Hall–Kier alpha value is -3.31. The molecule has 0 aromatic heterocycles. The van der Waals surface area contributed by atoms with Crippen molar-refractivity contribution in [2.75, 3.05) is 18.5 Å². The van der Waals surface area contributed by atoms with Gasteiger partial charge in [-0.25, -0.2) is 0 Å². The molecule has 1 amide bonds. The van der Waals surface area contributed by atoms with Crippen molar-refractivity contribution < 1.29 is 14.3 Å². The zero-order chi connectivity index (χ0) is 22.1. The van der Waals surface area contributed by atoms with Crippen molar-refractivity contribution >= 4 is 11.6 Å². The van der Waals surface area contributed by atoms with Crippen molar-refractivity contribution in [3.63, 3.8) is 0 Å². The molecule has 5 heteroatoms. The van der Waals surface area contributed by atoms with Gasteiger partial charge in [-0.2, -0.15) is 0 Å². The SMILES string of the molecule is CCOc1cc(CN[C@@H](C)c2ccccc2)ccc1OCC(=O)Nc1ccc(C)cc1. The van der Waals surface area contributed by atoms with E-state index < -0.39 is 0 Å². The third kappa shape index (κ3) is 6.86. The quantitative estimate of drug-likeness (QED) is 0.471. The Morgan fingerprint density at radius 2 is 1.68 bits per heavy atom. The molecule has 162 valence electrons. The van der Waals surface area contributed by atoms with Crippen LogP contribution < -0.4 is 20.1 Å². The molecule has 0 saturated heterocycles. The lowest BCUT2D eigenvalue weighted by Gasteiger charge is -2.16. The molecule has 0 spiro atoms. The molecule has 2 N–H and O–H groups in total. The maximum atomic E-state index is 12.2. The number of hydrogen-bond acceptors (Lipinski definition) is 4. The van der Waals surface area contributed by atoms with Gasteiger partial charge in [-0.1, -0.05) is 54.1 Å². The van der Waals surface area contributed by atoms with E-state index in [9.17, 15) is 4.79 Å². The lowest BCUT2D eigenvalue weighted by atomic mass is 10.1. The number of nitrogens with one attached hydrogen (secondary N) is 2. The Balaban J connectivity index is 1.57. The molecular formula is C26H30N2O3. The fraction of sp³-hybridized carbons (Fsp3) is 0.269. The molecule has 0 aliphatic heterocycles. The molecule has 0 aliphatic carbocycles.